The maximum Gasteiger partial charge on any atom is 0.251 e. The Kier molecular flexibility index (Phi) is 4.15. The number of hydrogen-bond donors (Lipinski definition) is 2. The molecule has 82 valence electrons. The highest BCUT2D eigenvalue weighted by molar-refractivity contribution is 9.15. The molecule has 0 saturated carbocycles. The highest BCUT2D eigenvalue weighted by atomic mass is 79.9. The number of hydrogen-bond acceptors (Lipinski definition) is 2. The number of H-pyrrole nitrogens is 1. The van der Waals surface area contributed by atoms with Crippen LogP contribution < -0.4 is 11.3 Å². The second-order valence-corrected chi connectivity index (χ2v) is 3.83. The second-order valence-electron chi connectivity index (χ2n) is 3.04. The summed E-state index contributed by atoms with van der Waals surface area (Å²) in [6.07, 6.45) is 3.12. The molecular formula is C11H15BrN2O. The summed E-state index contributed by atoms with van der Waals surface area (Å²) in [6, 6.07) is 1.87. The molecule has 3 N–H and O–H groups in total. The number of rotatable bonds is 0. The van der Waals surface area contributed by atoms with Crippen molar-refractivity contribution in [1.29, 1.82) is 0 Å². The summed E-state index contributed by atoms with van der Waals surface area (Å²) >= 11 is 3.39. The summed E-state index contributed by atoms with van der Waals surface area (Å²) in [7, 11) is 0. The summed E-state index contributed by atoms with van der Waals surface area (Å²) in [4.78, 5) is 14.0. The predicted octanol–water partition coefficient (Wildman–Crippen LogP) is 2.37. The minimum absolute atomic E-state index is 0.0121. The Balaban J connectivity index is 0.000000531. The van der Waals surface area contributed by atoms with Crippen molar-refractivity contribution in [2.45, 2.75) is 26.7 Å². The van der Waals surface area contributed by atoms with Gasteiger partial charge in [-0.25, -0.2) is 0 Å². The first-order valence-electron chi connectivity index (χ1n) is 5.05. The average molecular weight is 271 g/mol. The van der Waals surface area contributed by atoms with Crippen LogP contribution in [0.15, 0.2) is 22.8 Å². The summed E-state index contributed by atoms with van der Waals surface area (Å²) < 4.78 is 0.861. The summed E-state index contributed by atoms with van der Waals surface area (Å²) in [5.74, 6) is 0. The molecule has 15 heavy (non-hydrogen) atoms. The van der Waals surface area contributed by atoms with Crippen LogP contribution in [0.5, 0.6) is 0 Å². The lowest BCUT2D eigenvalue weighted by Crippen LogP contribution is -2.19. The smallest absolute Gasteiger partial charge is 0.251 e. The van der Waals surface area contributed by atoms with Crippen LogP contribution in [0.4, 0.5) is 0 Å². The highest BCUT2D eigenvalue weighted by Crippen LogP contribution is 2.30. The number of halogens is 1. The Morgan fingerprint density at radius 1 is 1.40 bits per heavy atom. The van der Waals surface area contributed by atoms with Crippen molar-refractivity contribution in [1.82, 2.24) is 4.98 Å². The van der Waals surface area contributed by atoms with Crippen molar-refractivity contribution in [2.24, 2.45) is 5.73 Å². The molecule has 4 heteroatoms. The number of pyridine rings is 1. The fourth-order valence-corrected chi connectivity index (χ4v) is 2.08. The van der Waals surface area contributed by atoms with Gasteiger partial charge >= 0.3 is 0 Å². The van der Waals surface area contributed by atoms with Crippen LogP contribution in [0, 0.1) is 0 Å². The lowest BCUT2D eigenvalue weighted by Gasteiger charge is -2.15. The third kappa shape index (κ3) is 2.31. The van der Waals surface area contributed by atoms with Gasteiger partial charge in [-0.1, -0.05) is 13.8 Å². The first-order valence-corrected chi connectivity index (χ1v) is 5.84. The molecule has 2 rings (SSSR count). The van der Waals surface area contributed by atoms with E-state index in [1.807, 2.05) is 19.9 Å². The molecule has 0 aromatic carbocycles. The van der Waals surface area contributed by atoms with Crippen molar-refractivity contribution >= 4 is 20.4 Å². The molecule has 1 aliphatic carbocycles. The molecule has 0 aliphatic heterocycles. The van der Waals surface area contributed by atoms with Gasteiger partial charge < -0.3 is 10.7 Å². The molecule has 1 aromatic heterocycles. The maximum absolute atomic E-state index is 11.4. The molecule has 0 fully saturated rings. The first kappa shape index (κ1) is 12.0. The molecule has 0 atom stereocenters. The Morgan fingerprint density at radius 2 is 2.07 bits per heavy atom. The second kappa shape index (κ2) is 5.16. The van der Waals surface area contributed by atoms with E-state index in [0.29, 0.717) is 0 Å². The first-order chi connectivity index (χ1) is 7.20. The predicted molar refractivity (Wildman–Crippen MR) is 66.8 cm³/mol. The molecule has 3 nitrogen and oxygen atoms in total. The van der Waals surface area contributed by atoms with Gasteiger partial charge in [-0.15, -0.1) is 0 Å². The van der Waals surface area contributed by atoms with E-state index in [4.69, 9.17) is 5.73 Å². The van der Waals surface area contributed by atoms with Crippen molar-refractivity contribution < 1.29 is 0 Å². The van der Waals surface area contributed by atoms with Crippen molar-refractivity contribution in [3.05, 3.63) is 39.4 Å². The van der Waals surface area contributed by atoms with E-state index >= 15 is 0 Å². The molecule has 0 radical (unpaired) electrons. The number of nitrogens with two attached hydrogens (primary N) is 1. The van der Waals surface area contributed by atoms with Gasteiger partial charge in [0.25, 0.3) is 5.56 Å². The van der Waals surface area contributed by atoms with Crippen LogP contribution in [-0.4, -0.2) is 4.98 Å². The fourth-order valence-electron chi connectivity index (χ4n) is 1.51. The molecule has 0 unspecified atom stereocenters. The Hall–Kier alpha value is -1.03. The summed E-state index contributed by atoms with van der Waals surface area (Å²) in [5, 5.41) is 0. The average Bonchev–Trinajstić information content (AvgIpc) is 2.27. The van der Waals surface area contributed by atoms with E-state index in [0.717, 1.165) is 34.1 Å². The van der Waals surface area contributed by atoms with Crippen LogP contribution >= 0.6 is 15.9 Å². The highest BCUT2D eigenvalue weighted by Gasteiger charge is 2.17. The van der Waals surface area contributed by atoms with Gasteiger partial charge in [-0.05, 0) is 34.8 Å². The number of aromatic amines is 1. The van der Waals surface area contributed by atoms with Crippen LogP contribution in [0.1, 0.15) is 31.4 Å². The molecule has 0 bridgehead atoms. The van der Waals surface area contributed by atoms with E-state index in [9.17, 15) is 4.79 Å². The van der Waals surface area contributed by atoms with Gasteiger partial charge in [0.1, 0.15) is 0 Å². The molecule has 1 aromatic rings. The SMILES string of the molecule is CC.NC1=C(Br)c2cc[nH]c(=O)c2CC1. The van der Waals surface area contributed by atoms with Crippen molar-refractivity contribution in [3.63, 3.8) is 0 Å². The van der Waals surface area contributed by atoms with E-state index in [2.05, 4.69) is 20.9 Å². The topological polar surface area (TPSA) is 58.9 Å². The molecule has 1 heterocycles. The normalized spacial score (nSPS) is 14.1. The number of fused-ring (bicyclic) bond motifs is 1. The van der Waals surface area contributed by atoms with Gasteiger partial charge in [0.05, 0.1) is 0 Å². The molecule has 0 amide bonds. The standard InChI is InChI=1S/C9H9BrN2O.C2H6/c10-8-5-3-4-12-9(13)6(5)1-2-7(8)11;1-2/h3-4H,1-2,11H2,(H,12,13);1-2H3. The Bertz CT molecular complexity index is 434. The number of aromatic nitrogens is 1. The largest absolute Gasteiger partial charge is 0.401 e. The maximum atomic E-state index is 11.4. The third-order valence-electron chi connectivity index (χ3n) is 2.23. The van der Waals surface area contributed by atoms with Crippen LogP contribution in [0.3, 0.4) is 0 Å². The van der Waals surface area contributed by atoms with Crippen LogP contribution in [0.2, 0.25) is 0 Å². The van der Waals surface area contributed by atoms with E-state index < -0.39 is 0 Å². The molecular weight excluding hydrogens is 256 g/mol. The van der Waals surface area contributed by atoms with E-state index in [1.165, 1.54) is 0 Å². The Morgan fingerprint density at radius 3 is 2.73 bits per heavy atom. The third-order valence-corrected chi connectivity index (χ3v) is 3.16. The van der Waals surface area contributed by atoms with Gasteiger partial charge in [0, 0.05) is 27.5 Å². The van der Waals surface area contributed by atoms with E-state index in [1.54, 1.807) is 6.20 Å². The lowest BCUT2D eigenvalue weighted by molar-refractivity contribution is 0.889. The number of nitrogens with one attached hydrogen (secondary N) is 1. The van der Waals surface area contributed by atoms with Gasteiger partial charge in [0.2, 0.25) is 0 Å². The van der Waals surface area contributed by atoms with E-state index in [-0.39, 0.29) is 5.56 Å². The minimum atomic E-state index is -0.0121. The minimum Gasteiger partial charge on any atom is -0.401 e. The summed E-state index contributed by atoms with van der Waals surface area (Å²) in [5.41, 5.74) is 8.32. The molecule has 0 saturated heterocycles. The fraction of sp³-hybridized carbons (Fsp3) is 0.364. The Labute approximate surface area is 97.5 Å². The quantitative estimate of drug-likeness (QED) is 0.761. The van der Waals surface area contributed by atoms with Gasteiger partial charge in [-0.3, -0.25) is 4.79 Å². The zero-order valence-electron chi connectivity index (χ0n) is 8.93. The molecule has 1 aliphatic rings. The van der Waals surface area contributed by atoms with Crippen LogP contribution in [0.25, 0.3) is 4.48 Å². The van der Waals surface area contributed by atoms with Gasteiger partial charge in [-0.2, -0.15) is 0 Å². The monoisotopic (exact) mass is 270 g/mol. The van der Waals surface area contributed by atoms with Crippen LogP contribution in [-0.2, 0) is 6.42 Å². The summed E-state index contributed by atoms with van der Waals surface area (Å²) in [6.45, 7) is 4.00. The van der Waals surface area contributed by atoms with Crippen molar-refractivity contribution in [2.75, 3.05) is 0 Å². The van der Waals surface area contributed by atoms with Gasteiger partial charge in [0.15, 0.2) is 0 Å². The van der Waals surface area contributed by atoms with Crippen molar-refractivity contribution in [3.8, 4) is 0 Å². The zero-order valence-corrected chi connectivity index (χ0v) is 10.5. The lowest BCUT2D eigenvalue weighted by atomic mass is 9.97. The number of allylic oxidation sites excluding steroid dienone is 1. The molecule has 0 spiro atoms. The zero-order chi connectivity index (χ0) is 11.4.